The van der Waals surface area contributed by atoms with E-state index in [-0.39, 0.29) is 0 Å². The maximum Gasteiger partial charge on any atom is 0.699 e. The summed E-state index contributed by atoms with van der Waals surface area (Å²) in [5, 5.41) is 0. The van der Waals surface area contributed by atoms with Crippen LogP contribution >= 0.6 is 8.25 Å². The fourth-order valence-corrected chi connectivity index (χ4v) is 2.76. The molecule has 0 radical (unpaired) electrons. The second-order valence-corrected chi connectivity index (χ2v) is 6.87. The molecule has 18 heavy (non-hydrogen) atoms. The fourth-order valence-electron chi connectivity index (χ4n) is 1.85. The Balaban J connectivity index is 4.63. The number of allylic oxidation sites excluding steroid dienone is 2. The van der Waals surface area contributed by atoms with Crippen molar-refractivity contribution in [2.75, 3.05) is 0 Å². The predicted octanol–water partition coefficient (Wildman–Crippen LogP) is 5.17. The molecule has 0 N–H and O–H groups in total. The van der Waals surface area contributed by atoms with Gasteiger partial charge in [0.1, 0.15) is 11.2 Å². The lowest BCUT2D eigenvalue weighted by atomic mass is 10.1. The van der Waals surface area contributed by atoms with Crippen molar-refractivity contribution in [2.45, 2.75) is 66.6 Å². The van der Waals surface area contributed by atoms with E-state index < -0.39 is 19.5 Å². The maximum atomic E-state index is 11.9. The Bertz CT molecular complexity index is 323. The van der Waals surface area contributed by atoms with Gasteiger partial charge in [-0.15, -0.1) is 9.05 Å². The average Bonchev–Trinajstić information content (AvgIpc) is 1.92. The molecule has 4 heteroatoms. The Morgan fingerprint density at radius 2 is 1.11 bits per heavy atom. The minimum atomic E-state index is -2.16. The van der Waals surface area contributed by atoms with Crippen LogP contribution in [-0.4, -0.2) is 11.2 Å². The highest BCUT2D eigenvalue weighted by atomic mass is 31.1. The molecule has 0 saturated heterocycles. The van der Waals surface area contributed by atoms with Crippen LogP contribution in [0.1, 0.15) is 55.4 Å². The summed E-state index contributed by atoms with van der Waals surface area (Å²) in [7, 11) is -2.16. The number of rotatable bonds is 6. The van der Waals surface area contributed by atoms with E-state index >= 15 is 0 Å². The summed E-state index contributed by atoms with van der Waals surface area (Å²) in [4.78, 5) is 0. The molecule has 0 aliphatic heterocycles. The van der Waals surface area contributed by atoms with Gasteiger partial charge in [-0.1, -0.05) is 11.1 Å². The monoisotopic (exact) mass is 273 g/mol. The Labute approximate surface area is 112 Å². The zero-order valence-electron chi connectivity index (χ0n) is 12.8. The smallest absolute Gasteiger partial charge is 0.109 e. The molecule has 0 saturated carbocycles. The van der Waals surface area contributed by atoms with Gasteiger partial charge in [0.05, 0.1) is 0 Å². The van der Waals surface area contributed by atoms with Crippen molar-refractivity contribution in [3.8, 4) is 0 Å². The minimum absolute atomic E-state index is 0.590. The topological polar surface area (TPSA) is 35.5 Å². The molecule has 0 rings (SSSR count). The molecule has 104 valence electrons. The molecule has 0 aromatic rings. The van der Waals surface area contributed by atoms with Gasteiger partial charge in [0.15, 0.2) is 0 Å². The zero-order valence-corrected chi connectivity index (χ0v) is 13.7. The van der Waals surface area contributed by atoms with Crippen molar-refractivity contribution in [3.05, 3.63) is 23.3 Å². The predicted molar refractivity (Wildman–Crippen MR) is 76.8 cm³/mol. The van der Waals surface area contributed by atoms with E-state index in [9.17, 15) is 4.57 Å². The molecular weight excluding hydrogens is 247 g/mol. The highest BCUT2D eigenvalue weighted by Crippen LogP contribution is 2.37. The van der Waals surface area contributed by atoms with E-state index in [1.54, 1.807) is 0 Å². The molecular formula is C14H26O3P+. The van der Waals surface area contributed by atoms with Gasteiger partial charge in [0.2, 0.25) is 0 Å². The highest BCUT2D eigenvalue weighted by molar-refractivity contribution is 7.33. The first-order chi connectivity index (χ1) is 7.93. The van der Waals surface area contributed by atoms with Gasteiger partial charge in [0.25, 0.3) is 0 Å². The van der Waals surface area contributed by atoms with E-state index in [1.807, 2.05) is 67.5 Å². The lowest BCUT2D eigenvalue weighted by molar-refractivity contribution is 0.0897. The fraction of sp³-hybridized carbons (Fsp3) is 0.714. The lowest BCUT2D eigenvalue weighted by Gasteiger charge is -2.16. The van der Waals surface area contributed by atoms with Crippen LogP contribution in [0.4, 0.5) is 0 Å². The van der Waals surface area contributed by atoms with E-state index in [1.165, 1.54) is 0 Å². The third-order valence-electron chi connectivity index (χ3n) is 1.89. The van der Waals surface area contributed by atoms with Crippen LogP contribution in [0, 0.1) is 0 Å². The summed E-state index contributed by atoms with van der Waals surface area (Å²) < 4.78 is 22.8. The molecule has 0 aromatic heterocycles. The summed E-state index contributed by atoms with van der Waals surface area (Å²) in [6.45, 7) is 15.4. The van der Waals surface area contributed by atoms with Crippen LogP contribution < -0.4 is 0 Å². The standard InChI is InChI=1S/C14H26O3P/c1-11(2)9-13(5,6)16-18(15)17-14(7,8)10-12(3)4/h9-10H,1-8H3/q+1. The lowest BCUT2D eigenvalue weighted by Crippen LogP contribution is -2.22. The van der Waals surface area contributed by atoms with Gasteiger partial charge in [-0.25, -0.2) is 0 Å². The summed E-state index contributed by atoms with van der Waals surface area (Å²) >= 11 is 0. The SMILES string of the molecule is CC(C)=CC(C)(C)O[P+](=O)OC(C)(C)C=C(C)C. The van der Waals surface area contributed by atoms with Crippen LogP contribution in [0.3, 0.4) is 0 Å². The molecule has 0 atom stereocenters. The molecule has 0 fully saturated rings. The van der Waals surface area contributed by atoms with Gasteiger partial charge in [0, 0.05) is 4.57 Å². The Kier molecular flexibility index (Phi) is 6.42. The van der Waals surface area contributed by atoms with Crippen LogP contribution in [0.25, 0.3) is 0 Å². The zero-order chi connectivity index (χ0) is 14.6. The molecule has 3 nitrogen and oxygen atoms in total. The van der Waals surface area contributed by atoms with Crippen molar-refractivity contribution in [2.24, 2.45) is 0 Å². The molecule has 0 heterocycles. The number of hydrogen-bond acceptors (Lipinski definition) is 3. The third-order valence-corrected chi connectivity index (χ3v) is 3.13. The first kappa shape index (κ1) is 17.5. The van der Waals surface area contributed by atoms with E-state index in [4.69, 9.17) is 9.05 Å². The Morgan fingerprint density at radius 1 is 0.833 bits per heavy atom. The van der Waals surface area contributed by atoms with Gasteiger partial charge in [-0.05, 0) is 67.5 Å². The minimum Gasteiger partial charge on any atom is -0.109 e. The third kappa shape index (κ3) is 8.57. The molecule has 0 aliphatic carbocycles. The Morgan fingerprint density at radius 3 is 1.33 bits per heavy atom. The van der Waals surface area contributed by atoms with Crippen molar-refractivity contribution in [3.63, 3.8) is 0 Å². The van der Waals surface area contributed by atoms with Crippen LogP contribution in [0.15, 0.2) is 23.3 Å². The second-order valence-electron chi connectivity index (χ2n) is 6.06. The van der Waals surface area contributed by atoms with Crippen molar-refractivity contribution < 1.29 is 13.6 Å². The van der Waals surface area contributed by atoms with Crippen molar-refractivity contribution in [1.29, 1.82) is 0 Å². The quantitative estimate of drug-likeness (QED) is 0.495. The Hall–Kier alpha value is -0.500. The molecule has 0 amide bonds. The second kappa shape index (κ2) is 6.60. The van der Waals surface area contributed by atoms with Crippen LogP contribution in [-0.2, 0) is 13.6 Å². The largest absolute Gasteiger partial charge is 0.699 e. The van der Waals surface area contributed by atoms with Gasteiger partial charge in [-0.3, -0.25) is 0 Å². The summed E-state index contributed by atoms with van der Waals surface area (Å²) in [6.07, 6.45) is 3.86. The van der Waals surface area contributed by atoms with Gasteiger partial charge in [-0.2, -0.15) is 0 Å². The van der Waals surface area contributed by atoms with E-state index in [0.717, 1.165) is 11.1 Å². The van der Waals surface area contributed by atoms with E-state index in [2.05, 4.69) is 0 Å². The molecule has 0 aliphatic rings. The van der Waals surface area contributed by atoms with Crippen molar-refractivity contribution in [1.82, 2.24) is 0 Å². The van der Waals surface area contributed by atoms with E-state index in [0.29, 0.717) is 0 Å². The van der Waals surface area contributed by atoms with Gasteiger partial charge >= 0.3 is 8.25 Å². The summed E-state index contributed by atoms with van der Waals surface area (Å²) in [5.74, 6) is 0. The molecule has 0 unspecified atom stereocenters. The molecule has 0 aromatic carbocycles. The van der Waals surface area contributed by atoms with Gasteiger partial charge < -0.3 is 0 Å². The molecule has 0 spiro atoms. The normalized spacial score (nSPS) is 12.0. The first-order valence-electron chi connectivity index (χ1n) is 6.11. The van der Waals surface area contributed by atoms with Crippen LogP contribution in [0.5, 0.6) is 0 Å². The highest BCUT2D eigenvalue weighted by Gasteiger charge is 2.37. The summed E-state index contributed by atoms with van der Waals surface area (Å²) in [5.41, 5.74) is 1.06. The van der Waals surface area contributed by atoms with Crippen LogP contribution in [0.2, 0.25) is 0 Å². The number of hydrogen-bond donors (Lipinski definition) is 0. The van der Waals surface area contributed by atoms with Crippen molar-refractivity contribution >= 4 is 8.25 Å². The average molecular weight is 273 g/mol. The molecule has 0 bridgehead atoms. The first-order valence-corrected chi connectivity index (χ1v) is 7.21. The maximum absolute atomic E-state index is 11.9. The summed E-state index contributed by atoms with van der Waals surface area (Å²) in [6, 6.07) is 0.